The van der Waals surface area contributed by atoms with E-state index in [1.54, 1.807) is 30.3 Å². The van der Waals surface area contributed by atoms with Crippen LogP contribution in [0.2, 0.25) is 0 Å². The van der Waals surface area contributed by atoms with Gasteiger partial charge in [-0.05, 0) is 24.6 Å². The standard InChI is InChI=1S/C13H16NO3S/c1-2-3-12-4-6-13(7-5-12)18(15,16)14-8-10-17-11-9-14/h2-7H,1,8-11H2/b3-2+. The summed E-state index contributed by atoms with van der Waals surface area (Å²) in [6.07, 6.45) is 3.50. The molecule has 0 aliphatic carbocycles. The summed E-state index contributed by atoms with van der Waals surface area (Å²) in [6.45, 7) is 5.36. The quantitative estimate of drug-likeness (QED) is 0.834. The Kier molecular flexibility index (Phi) is 4.16. The van der Waals surface area contributed by atoms with Gasteiger partial charge in [0.15, 0.2) is 0 Å². The zero-order chi connectivity index (χ0) is 13.0. The largest absolute Gasteiger partial charge is 0.379 e. The fourth-order valence-electron chi connectivity index (χ4n) is 1.82. The second-order valence-electron chi connectivity index (χ2n) is 3.99. The van der Waals surface area contributed by atoms with E-state index in [-0.39, 0.29) is 0 Å². The maximum absolute atomic E-state index is 12.3. The first-order chi connectivity index (χ1) is 8.64. The predicted octanol–water partition coefficient (Wildman–Crippen LogP) is 1.55. The second-order valence-corrected chi connectivity index (χ2v) is 5.93. The minimum Gasteiger partial charge on any atom is -0.379 e. The average Bonchev–Trinajstić information content (AvgIpc) is 2.41. The summed E-state index contributed by atoms with van der Waals surface area (Å²) < 4.78 is 31.2. The Balaban J connectivity index is 2.23. The van der Waals surface area contributed by atoms with Crippen molar-refractivity contribution >= 4 is 16.1 Å². The van der Waals surface area contributed by atoms with Crippen LogP contribution in [0.25, 0.3) is 6.08 Å². The lowest BCUT2D eigenvalue weighted by molar-refractivity contribution is 0.0730. The van der Waals surface area contributed by atoms with Gasteiger partial charge in [-0.2, -0.15) is 4.31 Å². The van der Waals surface area contributed by atoms with Crippen LogP contribution in [0.15, 0.2) is 35.2 Å². The average molecular weight is 266 g/mol. The lowest BCUT2D eigenvalue weighted by Crippen LogP contribution is -2.40. The highest BCUT2D eigenvalue weighted by Gasteiger charge is 2.25. The Bertz CT molecular complexity index is 514. The first kappa shape index (κ1) is 13.3. The highest BCUT2D eigenvalue weighted by Crippen LogP contribution is 2.18. The van der Waals surface area contributed by atoms with E-state index in [1.807, 2.05) is 6.08 Å². The lowest BCUT2D eigenvalue weighted by atomic mass is 10.2. The minimum absolute atomic E-state index is 0.325. The highest BCUT2D eigenvalue weighted by atomic mass is 32.2. The summed E-state index contributed by atoms with van der Waals surface area (Å²) in [5.41, 5.74) is 0.936. The molecule has 1 aromatic carbocycles. The van der Waals surface area contributed by atoms with Crippen molar-refractivity contribution in [1.29, 1.82) is 0 Å². The van der Waals surface area contributed by atoms with Crippen molar-refractivity contribution in [1.82, 2.24) is 4.31 Å². The normalized spacial score (nSPS) is 18.3. The lowest BCUT2D eigenvalue weighted by Gasteiger charge is -2.26. The van der Waals surface area contributed by atoms with Gasteiger partial charge in [0.25, 0.3) is 0 Å². The molecule has 0 amide bonds. The molecule has 1 heterocycles. The van der Waals surface area contributed by atoms with Gasteiger partial charge in [-0.15, -0.1) is 0 Å². The zero-order valence-electron chi connectivity index (χ0n) is 10.1. The summed E-state index contributed by atoms with van der Waals surface area (Å²) in [5.74, 6) is 0. The number of hydrogen-bond donors (Lipinski definition) is 0. The molecule has 4 nitrogen and oxygen atoms in total. The third-order valence-electron chi connectivity index (χ3n) is 2.80. The van der Waals surface area contributed by atoms with Crippen molar-refractivity contribution in [3.05, 3.63) is 42.8 Å². The van der Waals surface area contributed by atoms with Crippen LogP contribution in [0.4, 0.5) is 0 Å². The van der Waals surface area contributed by atoms with Gasteiger partial charge < -0.3 is 4.74 Å². The van der Waals surface area contributed by atoms with Crippen LogP contribution >= 0.6 is 0 Å². The van der Waals surface area contributed by atoms with Gasteiger partial charge in [-0.25, -0.2) is 8.42 Å². The number of hydrogen-bond acceptors (Lipinski definition) is 3. The molecule has 1 saturated heterocycles. The van der Waals surface area contributed by atoms with Gasteiger partial charge >= 0.3 is 0 Å². The van der Waals surface area contributed by atoms with E-state index in [4.69, 9.17) is 4.74 Å². The first-order valence-corrected chi connectivity index (χ1v) is 7.22. The number of morpholine rings is 1. The summed E-state index contributed by atoms with van der Waals surface area (Å²) in [7, 11) is -3.38. The Hall–Kier alpha value is -1.17. The molecule has 2 rings (SSSR count). The minimum atomic E-state index is -3.38. The van der Waals surface area contributed by atoms with Crippen molar-refractivity contribution in [2.45, 2.75) is 4.90 Å². The topological polar surface area (TPSA) is 46.6 Å². The van der Waals surface area contributed by atoms with Gasteiger partial charge in [0.1, 0.15) is 0 Å². The molecule has 0 atom stereocenters. The van der Waals surface area contributed by atoms with Crippen LogP contribution in [0.1, 0.15) is 5.56 Å². The van der Waals surface area contributed by atoms with E-state index in [0.717, 1.165) is 5.56 Å². The van der Waals surface area contributed by atoms with Crippen LogP contribution < -0.4 is 0 Å². The number of sulfonamides is 1. The predicted molar refractivity (Wildman–Crippen MR) is 70.4 cm³/mol. The molecule has 1 aliphatic heterocycles. The molecule has 1 fully saturated rings. The summed E-state index contributed by atoms with van der Waals surface area (Å²) in [5, 5.41) is 0. The van der Waals surface area contributed by atoms with Gasteiger partial charge in [0.2, 0.25) is 10.0 Å². The van der Waals surface area contributed by atoms with Crippen LogP contribution in [-0.4, -0.2) is 39.0 Å². The van der Waals surface area contributed by atoms with E-state index in [2.05, 4.69) is 6.92 Å². The molecule has 0 aromatic heterocycles. The van der Waals surface area contributed by atoms with Gasteiger partial charge in [0, 0.05) is 13.1 Å². The smallest absolute Gasteiger partial charge is 0.243 e. The molecular weight excluding hydrogens is 250 g/mol. The van der Waals surface area contributed by atoms with E-state index in [1.165, 1.54) is 4.31 Å². The number of ether oxygens (including phenoxy) is 1. The van der Waals surface area contributed by atoms with Crippen molar-refractivity contribution < 1.29 is 13.2 Å². The SMILES string of the molecule is [CH2]/C=C/c1ccc(S(=O)(=O)N2CCOCC2)cc1. The van der Waals surface area contributed by atoms with Crippen LogP contribution in [0, 0.1) is 6.92 Å². The first-order valence-electron chi connectivity index (χ1n) is 5.78. The Morgan fingerprint density at radius 3 is 2.33 bits per heavy atom. The van der Waals surface area contributed by atoms with Crippen LogP contribution in [0.3, 0.4) is 0 Å². The van der Waals surface area contributed by atoms with E-state index >= 15 is 0 Å². The fourth-order valence-corrected chi connectivity index (χ4v) is 3.23. The molecule has 0 bridgehead atoms. The van der Waals surface area contributed by atoms with Crippen molar-refractivity contribution in [2.24, 2.45) is 0 Å². The summed E-state index contributed by atoms with van der Waals surface area (Å²) in [6, 6.07) is 6.80. The Morgan fingerprint density at radius 2 is 1.78 bits per heavy atom. The second kappa shape index (κ2) is 5.65. The van der Waals surface area contributed by atoms with Crippen LogP contribution in [0.5, 0.6) is 0 Å². The molecule has 1 aromatic rings. The summed E-state index contributed by atoms with van der Waals surface area (Å²) >= 11 is 0. The molecular formula is C13H16NO3S. The van der Waals surface area contributed by atoms with Gasteiger partial charge in [-0.3, -0.25) is 0 Å². The third kappa shape index (κ3) is 2.80. The molecule has 5 heteroatoms. The van der Waals surface area contributed by atoms with E-state index in [9.17, 15) is 8.42 Å². The third-order valence-corrected chi connectivity index (χ3v) is 4.71. The van der Waals surface area contributed by atoms with Crippen molar-refractivity contribution in [3.63, 3.8) is 0 Å². The van der Waals surface area contributed by atoms with E-state index in [0.29, 0.717) is 31.2 Å². The number of rotatable bonds is 3. The molecule has 0 saturated carbocycles. The monoisotopic (exact) mass is 266 g/mol. The molecule has 18 heavy (non-hydrogen) atoms. The molecule has 1 aliphatic rings. The molecule has 0 spiro atoms. The molecule has 97 valence electrons. The number of benzene rings is 1. The molecule has 0 unspecified atom stereocenters. The maximum atomic E-state index is 12.3. The molecule has 1 radical (unpaired) electrons. The Morgan fingerprint density at radius 1 is 1.17 bits per heavy atom. The van der Waals surface area contributed by atoms with E-state index < -0.39 is 10.0 Å². The highest BCUT2D eigenvalue weighted by molar-refractivity contribution is 7.89. The zero-order valence-corrected chi connectivity index (χ0v) is 10.9. The van der Waals surface area contributed by atoms with Gasteiger partial charge in [-0.1, -0.05) is 24.3 Å². The van der Waals surface area contributed by atoms with Crippen LogP contribution in [-0.2, 0) is 14.8 Å². The number of allylic oxidation sites excluding steroid dienone is 1. The maximum Gasteiger partial charge on any atom is 0.243 e. The van der Waals surface area contributed by atoms with Gasteiger partial charge in [0.05, 0.1) is 18.1 Å². The molecule has 0 N–H and O–H groups in total. The number of nitrogens with zero attached hydrogens (tertiary/aromatic N) is 1. The fraction of sp³-hybridized carbons (Fsp3) is 0.308. The Labute approximate surface area is 108 Å². The van der Waals surface area contributed by atoms with Crippen molar-refractivity contribution in [3.8, 4) is 0 Å². The van der Waals surface area contributed by atoms with Crippen molar-refractivity contribution in [2.75, 3.05) is 26.3 Å². The summed E-state index contributed by atoms with van der Waals surface area (Å²) in [4.78, 5) is 0.325.